The molecule has 0 unspecified atom stereocenters. The molecule has 28 heavy (non-hydrogen) atoms. The van der Waals surface area contributed by atoms with Crippen molar-refractivity contribution in [1.82, 2.24) is 34.8 Å². The molecule has 1 saturated heterocycles. The lowest BCUT2D eigenvalue weighted by Crippen LogP contribution is -2.51. The number of ketones is 1. The summed E-state index contributed by atoms with van der Waals surface area (Å²) < 4.78 is 14.5. The normalized spacial score (nSPS) is 14.5. The van der Waals surface area contributed by atoms with E-state index >= 15 is 0 Å². The molecule has 3 aromatic heterocycles. The van der Waals surface area contributed by atoms with Gasteiger partial charge in [0.2, 0.25) is 5.91 Å². The largest absolute Gasteiger partial charge is 0.357 e. The zero-order valence-corrected chi connectivity index (χ0v) is 14.9. The van der Waals surface area contributed by atoms with E-state index in [1.54, 1.807) is 4.90 Å². The van der Waals surface area contributed by atoms with Gasteiger partial charge in [-0.3, -0.25) is 14.4 Å². The molecule has 1 fully saturated rings. The Hall–Kier alpha value is -3.63. The number of amides is 2. The summed E-state index contributed by atoms with van der Waals surface area (Å²) in [6.07, 6.45) is 5.13. The number of piperazine rings is 1. The van der Waals surface area contributed by atoms with E-state index in [1.165, 1.54) is 35.2 Å². The van der Waals surface area contributed by atoms with Crippen molar-refractivity contribution in [2.75, 3.05) is 26.2 Å². The van der Waals surface area contributed by atoms with Crippen LogP contribution in [0.3, 0.4) is 0 Å². The smallest absolute Gasteiger partial charge is 0.295 e. The molecular weight excluding hydrogens is 369 g/mol. The number of carbonyl (C=O) groups excluding carboxylic acids is 3. The number of pyridine rings is 1. The molecule has 11 heteroatoms. The first-order chi connectivity index (χ1) is 13.5. The molecule has 10 nitrogen and oxygen atoms in total. The van der Waals surface area contributed by atoms with Crippen molar-refractivity contribution in [3.05, 3.63) is 36.2 Å². The third-order valence-corrected chi connectivity index (χ3v) is 4.70. The summed E-state index contributed by atoms with van der Waals surface area (Å²) in [5.74, 6) is -2.16. The molecule has 0 atom stereocenters. The molecule has 0 aromatic carbocycles. The van der Waals surface area contributed by atoms with Gasteiger partial charge >= 0.3 is 0 Å². The fourth-order valence-electron chi connectivity index (χ4n) is 3.23. The van der Waals surface area contributed by atoms with Crippen LogP contribution in [0.5, 0.6) is 0 Å². The van der Waals surface area contributed by atoms with Crippen LogP contribution in [0.4, 0.5) is 4.39 Å². The average Bonchev–Trinajstić information content (AvgIpc) is 3.38. The van der Waals surface area contributed by atoms with E-state index in [1.807, 2.05) is 0 Å². The lowest BCUT2D eigenvalue weighted by molar-refractivity contribution is -0.135. The lowest BCUT2D eigenvalue weighted by atomic mass is 10.1. The maximum absolute atomic E-state index is 14.5. The molecule has 1 aliphatic heterocycles. The van der Waals surface area contributed by atoms with Crippen LogP contribution in [0.2, 0.25) is 0 Å². The van der Waals surface area contributed by atoms with Crippen LogP contribution >= 0.6 is 0 Å². The van der Waals surface area contributed by atoms with E-state index in [-0.39, 0.29) is 41.3 Å². The predicted molar refractivity (Wildman–Crippen MR) is 94.1 cm³/mol. The van der Waals surface area contributed by atoms with E-state index in [2.05, 4.69) is 20.2 Å². The first-order valence-electron chi connectivity index (χ1n) is 8.58. The molecule has 4 rings (SSSR count). The minimum Gasteiger partial charge on any atom is -0.357 e. The third kappa shape index (κ3) is 2.90. The second-order valence-corrected chi connectivity index (χ2v) is 6.33. The van der Waals surface area contributed by atoms with Gasteiger partial charge in [-0.1, -0.05) is 0 Å². The summed E-state index contributed by atoms with van der Waals surface area (Å²) in [6, 6.07) is 0. The molecule has 0 bridgehead atoms. The highest BCUT2D eigenvalue weighted by molar-refractivity contribution is 6.45. The van der Waals surface area contributed by atoms with Crippen LogP contribution in [-0.4, -0.2) is 78.5 Å². The van der Waals surface area contributed by atoms with Crippen LogP contribution in [-0.2, 0) is 9.59 Å². The predicted octanol–water partition coefficient (Wildman–Crippen LogP) is 0.156. The first-order valence-corrected chi connectivity index (χ1v) is 8.58. The molecule has 144 valence electrons. The van der Waals surface area contributed by atoms with Crippen LogP contribution in [0.15, 0.2) is 24.8 Å². The number of halogens is 1. The molecule has 0 saturated carbocycles. The number of carbonyl (C=O) groups is 3. The van der Waals surface area contributed by atoms with Gasteiger partial charge in [-0.2, -0.15) is 10.2 Å². The van der Waals surface area contributed by atoms with Crippen molar-refractivity contribution in [3.8, 4) is 5.82 Å². The van der Waals surface area contributed by atoms with Gasteiger partial charge in [0.25, 0.3) is 11.7 Å². The van der Waals surface area contributed by atoms with Crippen molar-refractivity contribution in [2.45, 2.75) is 6.92 Å². The standard InChI is InChI=1S/C17H16FN7O3/c1-10(26)23-4-6-24(7-5-23)17(28)15(27)11-8-19-14-13(11)12(18)9-20-16(14)25-21-2-3-22-25/h2-3,8-9,19H,4-7H2,1H3. The van der Waals surface area contributed by atoms with E-state index in [0.29, 0.717) is 13.1 Å². The number of Topliss-reactive ketones (excluding diaryl/α,β-unsaturated/α-hetero) is 1. The summed E-state index contributed by atoms with van der Waals surface area (Å²) >= 11 is 0. The Bertz CT molecular complexity index is 1070. The number of hydrogen-bond acceptors (Lipinski definition) is 6. The SMILES string of the molecule is CC(=O)N1CCN(C(=O)C(=O)c2c[nH]c3c(-n4nccn4)ncc(F)c23)CC1. The highest BCUT2D eigenvalue weighted by Crippen LogP contribution is 2.26. The van der Waals surface area contributed by atoms with Gasteiger partial charge in [0.05, 0.1) is 35.1 Å². The number of nitrogens with one attached hydrogen (secondary N) is 1. The summed E-state index contributed by atoms with van der Waals surface area (Å²) in [6.45, 7) is 2.67. The molecule has 0 spiro atoms. The van der Waals surface area contributed by atoms with Crippen molar-refractivity contribution < 1.29 is 18.8 Å². The molecule has 1 aliphatic rings. The summed E-state index contributed by atoms with van der Waals surface area (Å²) in [4.78, 5) is 47.7. The Balaban J connectivity index is 1.64. The van der Waals surface area contributed by atoms with Gasteiger partial charge in [0, 0.05) is 39.3 Å². The monoisotopic (exact) mass is 385 g/mol. The zero-order chi connectivity index (χ0) is 19.8. The van der Waals surface area contributed by atoms with Gasteiger partial charge in [-0.25, -0.2) is 9.37 Å². The molecule has 4 heterocycles. The van der Waals surface area contributed by atoms with Crippen LogP contribution in [0.25, 0.3) is 16.7 Å². The highest BCUT2D eigenvalue weighted by atomic mass is 19.1. The quantitative estimate of drug-likeness (QED) is 0.507. The minimum atomic E-state index is -0.827. The Morgan fingerprint density at radius 1 is 1.07 bits per heavy atom. The molecule has 0 radical (unpaired) electrons. The van der Waals surface area contributed by atoms with E-state index in [9.17, 15) is 18.8 Å². The fourth-order valence-corrected chi connectivity index (χ4v) is 3.23. The van der Waals surface area contributed by atoms with Crippen molar-refractivity contribution in [3.63, 3.8) is 0 Å². The zero-order valence-electron chi connectivity index (χ0n) is 14.9. The Labute approximate surface area is 157 Å². The number of rotatable bonds is 3. The van der Waals surface area contributed by atoms with Crippen LogP contribution in [0, 0.1) is 5.82 Å². The van der Waals surface area contributed by atoms with Gasteiger partial charge in [-0.05, 0) is 0 Å². The third-order valence-electron chi connectivity index (χ3n) is 4.70. The van der Waals surface area contributed by atoms with E-state index < -0.39 is 17.5 Å². The molecular formula is C17H16FN7O3. The van der Waals surface area contributed by atoms with Gasteiger partial charge in [0.15, 0.2) is 11.6 Å². The van der Waals surface area contributed by atoms with Gasteiger partial charge < -0.3 is 14.8 Å². The Kier molecular flexibility index (Phi) is 4.34. The minimum absolute atomic E-state index is 0.0389. The maximum Gasteiger partial charge on any atom is 0.295 e. The summed E-state index contributed by atoms with van der Waals surface area (Å²) in [5.41, 5.74) is 0.135. The summed E-state index contributed by atoms with van der Waals surface area (Å²) in [5, 5.41) is 7.88. The van der Waals surface area contributed by atoms with Crippen molar-refractivity contribution >= 4 is 28.5 Å². The Morgan fingerprint density at radius 3 is 2.36 bits per heavy atom. The number of H-pyrrole nitrogens is 1. The van der Waals surface area contributed by atoms with E-state index in [4.69, 9.17) is 0 Å². The number of nitrogens with zero attached hydrogens (tertiary/aromatic N) is 6. The van der Waals surface area contributed by atoms with Crippen molar-refractivity contribution in [1.29, 1.82) is 0 Å². The number of hydrogen-bond donors (Lipinski definition) is 1. The number of aromatic amines is 1. The molecule has 1 N–H and O–H groups in total. The Morgan fingerprint density at radius 2 is 1.71 bits per heavy atom. The number of fused-ring (bicyclic) bond motifs is 1. The average molecular weight is 385 g/mol. The maximum atomic E-state index is 14.5. The summed E-state index contributed by atoms with van der Waals surface area (Å²) in [7, 11) is 0. The first kappa shape index (κ1) is 17.8. The van der Waals surface area contributed by atoms with Gasteiger partial charge in [0.1, 0.15) is 0 Å². The second-order valence-electron chi connectivity index (χ2n) is 6.33. The van der Waals surface area contributed by atoms with Crippen molar-refractivity contribution in [2.24, 2.45) is 0 Å². The molecule has 3 aromatic rings. The number of aromatic nitrogens is 5. The van der Waals surface area contributed by atoms with Gasteiger partial charge in [-0.15, -0.1) is 4.80 Å². The van der Waals surface area contributed by atoms with Crippen LogP contribution < -0.4 is 0 Å². The van der Waals surface area contributed by atoms with E-state index in [0.717, 1.165) is 6.20 Å². The molecule has 2 amide bonds. The molecule has 0 aliphatic carbocycles. The lowest BCUT2D eigenvalue weighted by Gasteiger charge is -2.33. The second kappa shape index (κ2) is 6.83. The fraction of sp³-hybridized carbons (Fsp3) is 0.294. The van der Waals surface area contributed by atoms with Crippen LogP contribution in [0.1, 0.15) is 17.3 Å². The topological polar surface area (TPSA) is 117 Å². The highest BCUT2D eigenvalue weighted by Gasteiger charge is 2.30.